The van der Waals surface area contributed by atoms with E-state index in [4.69, 9.17) is 16.3 Å². The van der Waals surface area contributed by atoms with Gasteiger partial charge in [-0.1, -0.05) is 41.4 Å². The van der Waals surface area contributed by atoms with Crippen molar-refractivity contribution in [1.29, 1.82) is 0 Å². The van der Waals surface area contributed by atoms with Crippen LogP contribution in [0.4, 0.5) is 0 Å². The molecule has 1 aromatic carbocycles. The second-order valence-electron chi connectivity index (χ2n) is 5.84. The normalized spacial score (nSPS) is 11.0. The number of halogens is 2. The van der Waals surface area contributed by atoms with E-state index in [9.17, 15) is 4.79 Å². The van der Waals surface area contributed by atoms with Crippen molar-refractivity contribution >= 4 is 33.3 Å². The van der Waals surface area contributed by atoms with Crippen LogP contribution < -0.4 is 4.74 Å². The second kappa shape index (κ2) is 7.97. The largest absolute Gasteiger partial charge is 0.493 e. The van der Waals surface area contributed by atoms with Crippen molar-refractivity contribution in [2.75, 3.05) is 11.9 Å². The molecule has 0 aliphatic carbocycles. The molecule has 4 nitrogen and oxygen atoms in total. The van der Waals surface area contributed by atoms with Crippen LogP contribution in [-0.2, 0) is 6.54 Å². The van der Waals surface area contributed by atoms with E-state index in [2.05, 4.69) is 34.9 Å². The maximum Gasteiger partial charge on any atom is 0.193 e. The molecule has 6 heteroatoms. The Hall–Kier alpha value is -1.33. The van der Waals surface area contributed by atoms with Crippen LogP contribution in [0.1, 0.15) is 35.6 Å². The zero-order chi connectivity index (χ0) is 17.0. The summed E-state index contributed by atoms with van der Waals surface area (Å²) >= 11 is 9.29. The monoisotopic (exact) mass is 398 g/mol. The third-order valence-electron chi connectivity index (χ3n) is 3.30. The Morgan fingerprint density at radius 3 is 2.78 bits per heavy atom. The Labute approximate surface area is 149 Å². The lowest BCUT2D eigenvalue weighted by atomic mass is 10.2. The van der Waals surface area contributed by atoms with E-state index in [-0.39, 0.29) is 11.1 Å². The van der Waals surface area contributed by atoms with Crippen LogP contribution in [0, 0.1) is 12.8 Å². The quantitative estimate of drug-likeness (QED) is 0.508. The highest BCUT2D eigenvalue weighted by atomic mass is 79.9. The Bertz CT molecular complexity index is 698. The summed E-state index contributed by atoms with van der Waals surface area (Å²) in [6.45, 7) is 7.28. The van der Waals surface area contributed by atoms with Crippen LogP contribution in [0.3, 0.4) is 0 Å². The number of hydrogen-bond acceptors (Lipinski definition) is 3. The number of nitrogens with zero attached hydrogens (tertiary/aromatic N) is 2. The van der Waals surface area contributed by atoms with Gasteiger partial charge in [0.05, 0.1) is 18.5 Å². The standard InChI is InChI=1S/C17H20BrClN2O2/c1-11(2)10-23-17-5-4-14(19)7-13(17)9-21-12(3)6-15(20-21)16(22)8-18/h4-7,11H,8-10H2,1-3H3. The lowest BCUT2D eigenvalue weighted by Gasteiger charge is -2.14. The van der Waals surface area contributed by atoms with E-state index in [0.29, 0.717) is 29.8 Å². The van der Waals surface area contributed by atoms with Gasteiger partial charge >= 0.3 is 0 Å². The summed E-state index contributed by atoms with van der Waals surface area (Å²) in [5.41, 5.74) is 2.33. The molecule has 0 aliphatic heterocycles. The maximum absolute atomic E-state index is 11.8. The molecule has 0 saturated heterocycles. The molecule has 0 fully saturated rings. The van der Waals surface area contributed by atoms with Gasteiger partial charge in [0.2, 0.25) is 0 Å². The van der Waals surface area contributed by atoms with E-state index >= 15 is 0 Å². The Kier molecular flexibility index (Phi) is 6.25. The van der Waals surface area contributed by atoms with Crippen molar-refractivity contribution in [3.8, 4) is 5.75 Å². The number of benzene rings is 1. The fraction of sp³-hybridized carbons (Fsp3) is 0.412. The first-order valence-corrected chi connectivity index (χ1v) is 8.95. The summed E-state index contributed by atoms with van der Waals surface area (Å²) in [4.78, 5) is 11.8. The zero-order valence-electron chi connectivity index (χ0n) is 13.5. The second-order valence-corrected chi connectivity index (χ2v) is 6.84. The number of aromatic nitrogens is 2. The Balaban J connectivity index is 2.26. The highest BCUT2D eigenvalue weighted by Crippen LogP contribution is 2.25. The number of carbonyl (C=O) groups is 1. The molecule has 0 aliphatic rings. The summed E-state index contributed by atoms with van der Waals surface area (Å²) in [5, 5.41) is 5.30. The highest BCUT2D eigenvalue weighted by molar-refractivity contribution is 9.09. The van der Waals surface area contributed by atoms with Gasteiger partial charge in [0.1, 0.15) is 11.4 Å². The van der Waals surface area contributed by atoms with E-state index < -0.39 is 0 Å². The SMILES string of the molecule is Cc1cc(C(=O)CBr)nn1Cc1cc(Cl)ccc1OCC(C)C. The highest BCUT2D eigenvalue weighted by Gasteiger charge is 2.13. The van der Waals surface area contributed by atoms with Crippen molar-refractivity contribution in [2.45, 2.75) is 27.3 Å². The third kappa shape index (κ3) is 4.82. The lowest BCUT2D eigenvalue weighted by Crippen LogP contribution is -2.10. The number of carbonyl (C=O) groups excluding carboxylic acids is 1. The smallest absolute Gasteiger partial charge is 0.193 e. The van der Waals surface area contributed by atoms with Gasteiger partial charge in [-0.15, -0.1) is 0 Å². The van der Waals surface area contributed by atoms with Crippen LogP contribution >= 0.6 is 27.5 Å². The molecule has 0 bridgehead atoms. The predicted octanol–water partition coefficient (Wildman–Crippen LogP) is 4.51. The average Bonchev–Trinajstić information content (AvgIpc) is 2.86. The Morgan fingerprint density at radius 2 is 2.13 bits per heavy atom. The number of ether oxygens (including phenoxy) is 1. The van der Waals surface area contributed by atoms with Crippen LogP contribution in [0.15, 0.2) is 24.3 Å². The van der Waals surface area contributed by atoms with Crippen molar-refractivity contribution in [3.63, 3.8) is 0 Å². The van der Waals surface area contributed by atoms with E-state index in [1.54, 1.807) is 10.7 Å². The molecule has 0 spiro atoms. The summed E-state index contributed by atoms with van der Waals surface area (Å²) < 4.78 is 7.66. The molecule has 0 amide bonds. The molecule has 2 aromatic rings. The van der Waals surface area contributed by atoms with Gasteiger partial charge in [0.25, 0.3) is 0 Å². The topological polar surface area (TPSA) is 44.1 Å². The molecular formula is C17H20BrClN2O2. The molecular weight excluding hydrogens is 380 g/mol. The first-order valence-electron chi connectivity index (χ1n) is 7.45. The van der Waals surface area contributed by atoms with Crippen LogP contribution in [-0.4, -0.2) is 27.5 Å². The van der Waals surface area contributed by atoms with Crippen LogP contribution in [0.25, 0.3) is 0 Å². The predicted molar refractivity (Wildman–Crippen MR) is 96.0 cm³/mol. The number of aryl methyl sites for hydroxylation is 1. The van der Waals surface area contributed by atoms with Crippen molar-refractivity contribution in [1.82, 2.24) is 9.78 Å². The van der Waals surface area contributed by atoms with Crippen molar-refractivity contribution in [3.05, 3.63) is 46.2 Å². The first kappa shape index (κ1) is 18.0. The minimum absolute atomic E-state index is 0.0331. The van der Waals surface area contributed by atoms with Gasteiger partial charge in [0.15, 0.2) is 5.78 Å². The maximum atomic E-state index is 11.8. The van der Waals surface area contributed by atoms with Gasteiger partial charge < -0.3 is 4.74 Å². The summed E-state index contributed by atoms with van der Waals surface area (Å²) in [7, 11) is 0. The third-order valence-corrected chi connectivity index (χ3v) is 4.05. The fourth-order valence-corrected chi connectivity index (χ4v) is 2.59. The van der Waals surface area contributed by atoms with Gasteiger partial charge in [-0.05, 0) is 37.1 Å². The van der Waals surface area contributed by atoms with Crippen molar-refractivity contribution in [2.24, 2.45) is 5.92 Å². The lowest BCUT2D eigenvalue weighted by molar-refractivity contribution is 0.101. The number of Topliss-reactive ketones (excluding diaryl/α,β-unsaturated/α-hetero) is 1. The average molecular weight is 400 g/mol. The number of alkyl halides is 1. The molecule has 2 rings (SSSR count). The fourth-order valence-electron chi connectivity index (χ4n) is 2.11. The molecule has 1 heterocycles. The molecule has 23 heavy (non-hydrogen) atoms. The minimum Gasteiger partial charge on any atom is -0.493 e. The van der Waals surface area contributed by atoms with Crippen molar-refractivity contribution < 1.29 is 9.53 Å². The molecule has 0 N–H and O–H groups in total. The van der Waals surface area contributed by atoms with Gasteiger partial charge in [-0.25, -0.2) is 0 Å². The van der Waals surface area contributed by atoms with Gasteiger partial charge in [0, 0.05) is 16.3 Å². The minimum atomic E-state index is -0.0331. The number of ketones is 1. The van der Waals surface area contributed by atoms with E-state index in [1.165, 1.54) is 0 Å². The molecule has 0 saturated carbocycles. The summed E-state index contributed by atoms with van der Waals surface area (Å²) in [5.74, 6) is 1.20. The zero-order valence-corrected chi connectivity index (χ0v) is 15.8. The molecule has 0 unspecified atom stereocenters. The van der Waals surface area contributed by atoms with Gasteiger partial charge in [-0.2, -0.15) is 5.10 Å². The Morgan fingerprint density at radius 1 is 1.39 bits per heavy atom. The van der Waals surface area contributed by atoms with Crippen LogP contribution in [0.2, 0.25) is 5.02 Å². The van der Waals surface area contributed by atoms with E-state index in [0.717, 1.165) is 17.0 Å². The molecule has 0 atom stereocenters. The molecule has 0 radical (unpaired) electrons. The summed E-state index contributed by atoms with van der Waals surface area (Å²) in [6.07, 6.45) is 0. The van der Waals surface area contributed by atoms with E-state index in [1.807, 2.05) is 25.1 Å². The van der Waals surface area contributed by atoms with Crippen LogP contribution in [0.5, 0.6) is 5.75 Å². The summed E-state index contributed by atoms with van der Waals surface area (Å²) in [6, 6.07) is 7.37. The number of rotatable bonds is 7. The molecule has 1 aromatic heterocycles. The number of hydrogen-bond donors (Lipinski definition) is 0. The first-order chi connectivity index (χ1) is 10.9. The molecule has 124 valence electrons. The van der Waals surface area contributed by atoms with Gasteiger partial charge in [-0.3, -0.25) is 9.48 Å².